The van der Waals surface area contributed by atoms with E-state index < -0.39 is 0 Å². The molecule has 7 heteroatoms. The first kappa shape index (κ1) is 14.4. The van der Waals surface area contributed by atoms with Crippen LogP contribution in [0.3, 0.4) is 0 Å². The second kappa shape index (κ2) is 6.44. The SMILES string of the molecule is COCCNC(=S)N=Nc1c(O)[nH]c2c(C)cccc12. The van der Waals surface area contributed by atoms with Gasteiger partial charge < -0.3 is 20.1 Å². The van der Waals surface area contributed by atoms with E-state index in [1.165, 1.54) is 0 Å². The van der Waals surface area contributed by atoms with Gasteiger partial charge in [0.1, 0.15) is 0 Å². The lowest BCUT2D eigenvalue weighted by Crippen LogP contribution is -2.23. The number of rotatable bonds is 4. The summed E-state index contributed by atoms with van der Waals surface area (Å²) in [5.41, 5.74) is 2.26. The fraction of sp³-hybridized carbons (Fsp3) is 0.308. The molecule has 0 amide bonds. The highest BCUT2D eigenvalue weighted by molar-refractivity contribution is 7.80. The number of thiocarbonyl (C=S) groups is 1. The van der Waals surface area contributed by atoms with E-state index in [-0.39, 0.29) is 11.0 Å². The minimum absolute atomic E-state index is 0.0160. The summed E-state index contributed by atoms with van der Waals surface area (Å²) in [5.74, 6) is -0.0160. The Labute approximate surface area is 121 Å². The summed E-state index contributed by atoms with van der Waals surface area (Å²) in [7, 11) is 1.61. The normalized spacial score (nSPS) is 11.3. The fourth-order valence-corrected chi connectivity index (χ4v) is 1.97. The summed E-state index contributed by atoms with van der Waals surface area (Å²) in [6.45, 7) is 3.05. The highest BCUT2D eigenvalue weighted by Gasteiger charge is 2.11. The van der Waals surface area contributed by atoms with Crippen molar-refractivity contribution in [1.29, 1.82) is 0 Å². The summed E-state index contributed by atoms with van der Waals surface area (Å²) in [6.07, 6.45) is 0. The zero-order chi connectivity index (χ0) is 14.5. The number of ether oxygens (including phenoxy) is 1. The molecule has 106 valence electrons. The summed E-state index contributed by atoms with van der Waals surface area (Å²) < 4.78 is 4.89. The van der Waals surface area contributed by atoms with Crippen molar-refractivity contribution in [3.63, 3.8) is 0 Å². The molecule has 20 heavy (non-hydrogen) atoms. The Kier molecular flexibility index (Phi) is 4.65. The van der Waals surface area contributed by atoms with Gasteiger partial charge in [-0.25, -0.2) is 0 Å². The second-order valence-corrected chi connectivity index (χ2v) is 4.63. The number of hydrogen-bond donors (Lipinski definition) is 3. The number of benzene rings is 1. The van der Waals surface area contributed by atoms with Crippen LogP contribution in [-0.2, 0) is 4.74 Å². The minimum Gasteiger partial charge on any atom is -0.493 e. The third-order valence-electron chi connectivity index (χ3n) is 2.82. The van der Waals surface area contributed by atoms with Gasteiger partial charge in [0.15, 0.2) is 5.69 Å². The molecular formula is C13H16N4O2S. The predicted octanol–water partition coefficient (Wildman–Crippen LogP) is 2.79. The Morgan fingerprint density at radius 1 is 1.50 bits per heavy atom. The van der Waals surface area contributed by atoms with Gasteiger partial charge in [-0.2, -0.15) is 0 Å². The van der Waals surface area contributed by atoms with E-state index in [9.17, 15) is 5.11 Å². The van der Waals surface area contributed by atoms with Crippen molar-refractivity contribution in [1.82, 2.24) is 10.3 Å². The van der Waals surface area contributed by atoms with Crippen molar-refractivity contribution in [2.75, 3.05) is 20.3 Å². The smallest absolute Gasteiger partial charge is 0.218 e. The molecule has 0 unspecified atom stereocenters. The number of methoxy groups -OCH3 is 1. The van der Waals surface area contributed by atoms with Crippen LogP contribution in [0, 0.1) is 6.92 Å². The molecule has 1 aromatic heterocycles. The number of aromatic nitrogens is 1. The van der Waals surface area contributed by atoms with Crippen molar-refractivity contribution in [3.8, 4) is 5.88 Å². The van der Waals surface area contributed by atoms with Crippen LogP contribution >= 0.6 is 12.2 Å². The number of azo groups is 1. The van der Waals surface area contributed by atoms with E-state index in [1.807, 2.05) is 25.1 Å². The molecule has 0 atom stereocenters. The molecular weight excluding hydrogens is 276 g/mol. The number of hydrogen-bond acceptors (Lipinski definition) is 4. The molecule has 0 saturated carbocycles. The van der Waals surface area contributed by atoms with E-state index in [1.54, 1.807) is 7.11 Å². The number of nitrogens with zero attached hydrogens (tertiary/aromatic N) is 2. The maximum absolute atomic E-state index is 9.89. The number of aromatic amines is 1. The third-order valence-corrected chi connectivity index (χ3v) is 3.04. The molecule has 1 aromatic carbocycles. The van der Waals surface area contributed by atoms with Crippen molar-refractivity contribution < 1.29 is 9.84 Å². The van der Waals surface area contributed by atoms with Gasteiger partial charge in [-0.3, -0.25) is 0 Å². The van der Waals surface area contributed by atoms with Crippen molar-refractivity contribution in [2.45, 2.75) is 6.92 Å². The molecule has 0 aliphatic rings. The molecule has 0 fully saturated rings. The van der Waals surface area contributed by atoms with E-state index in [4.69, 9.17) is 17.0 Å². The number of fused-ring (bicyclic) bond motifs is 1. The van der Waals surface area contributed by atoms with Gasteiger partial charge in [-0.1, -0.05) is 18.2 Å². The van der Waals surface area contributed by atoms with Crippen molar-refractivity contribution in [3.05, 3.63) is 23.8 Å². The van der Waals surface area contributed by atoms with Crippen LogP contribution in [0.1, 0.15) is 5.56 Å². The van der Waals surface area contributed by atoms with Gasteiger partial charge >= 0.3 is 0 Å². The third kappa shape index (κ3) is 3.12. The number of aryl methyl sites for hydroxylation is 1. The van der Waals surface area contributed by atoms with Crippen LogP contribution in [0.5, 0.6) is 5.88 Å². The maximum atomic E-state index is 9.89. The Balaban J connectivity index is 2.19. The molecule has 2 rings (SSSR count). The minimum atomic E-state index is -0.0160. The standard InChI is InChI=1S/C13H16N4O2S/c1-8-4-3-5-9-10(8)15-12(18)11(9)16-17-13(20)14-6-7-19-2/h3-5,15,18H,6-7H2,1-2H3,(H,14,20). The summed E-state index contributed by atoms with van der Waals surface area (Å²) in [5, 5.41) is 21.7. The highest BCUT2D eigenvalue weighted by atomic mass is 32.1. The van der Waals surface area contributed by atoms with Gasteiger partial charge in [0, 0.05) is 19.0 Å². The van der Waals surface area contributed by atoms with Crippen LogP contribution in [0.25, 0.3) is 10.9 Å². The zero-order valence-electron chi connectivity index (χ0n) is 11.3. The maximum Gasteiger partial charge on any atom is 0.218 e. The molecule has 0 saturated heterocycles. The van der Waals surface area contributed by atoms with E-state index >= 15 is 0 Å². The Hall–Kier alpha value is -1.99. The fourth-order valence-electron chi connectivity index (χ4n) is 1.83. The number of para-hydroxylation sites is 1. The quantitative estimate of drug-likeness (QED) is 0.460. The van der Waals surface area contributed by atoms with E-state index in [0.717, 1.165) is 16.5 Å². The predicted molar refractivity (Wildman–Crippen MR) is 81.7 cm³/mol. The molecule has 1 heterocycles. The second-order valence-electron chi connectivity index (χ2n) is 4.24. The topological polar surface area (TPSA) is 82.0 Å². The van der Waals surface area contributed by atoms with Crippen LogP contribution < -0.4 is 5.32 Å². The number of nitrogens with one attached hydrogen (secondary N) is 2. The molecule has 2 aromatic rings. The molecule has 0 spiro atoms. The van der Waals surface area contributed by atoms with Gasteiger partial charge in [0.2, 0.25) is 11.0 Å². The summed E-state index contributed by atoms with van der Waals surface area (Å²) >= 11 is 5.01. The molecule has 6 nitrogen and oxygen atoms in total. The average molecular weight is 292 g/mol. The zero-order valence-corrected chi connectivity index (χ0v) is 12.1. The lowest BCUT2D eigenvalue weighted by Gasteiger charge is -2.00. The Morgan fingerprint density at radius 2 is 2.30 bits per heavy atom. The first-order valence-corrected chi connectivity index (χ1v) is 6.53. The highest BCUT2D eigenvalue weighted by Crippen LogP contribution is 2.36. The first-order valence-electron chi connectivity index (χ1n) is 6.12. The molecule has 0 radical (unpaired) electrons. The summed E-state index contributed by atoms with van der Waals surface area (Å²) in [6, 6.07) is 5.73. The number of H-pyrrole nitrogens is 1. The lowest BCUT2D eigenvalue weighted by atomic mass is 10.1. The summed E-state index contributed by atoms with van der Waals surface area (Å²) in [4.78, 5) is 2.89. The Morgan fingerprint density at radius 3 is 3.05 bits per heavy atom. The van der Waals surface area contributed by atoms with Crippen molar-refractivity contribution >= 4 is 33.9 Å². The van der Waals surface area contributed by atoms with Gasteiger partial charge in [-0.15, -0.1) is 10.2 Å². The van der Waals surface area contributed by atoms with Crippen LogP contribution in [0.4, 0.5) is 5.69 Å². The van der Waals surface area contributed by atoms with E-state index in [2.05, 4.69) is 20.5 Å². The molecule has 3 N–H and O–H groups in total. The average Bonchev–Trinajstić information content (AvgIpc) is 2.74. The first-order chi connectivity index (χ1) is 9.63. The molecule has 0 aliphatic carbocycles. The largest absolute Gasteiger partial charge is 0.493 e. The van der Waals surface area contributed by atoms with Gasteiger partial charge in [0.25, 0.3) is 0 Å². The van der Waals surface area contributed by atoms with Crippen LogP contribution in [0.2, 0.25) is 0 Å². The van der Waals surface area contributed by atoms with Gasteiger partial charge in [-0.05, 0) is 24.7 Å². The van der Waals surface area contributed by atoms with Crippen LogP contribution in [0.15, 0.2) is 28.4 Å². The van der Waals surface area contributed by atoms with Crippen LogP contribution in [-0.4, -0.2) is 35.5 Å². The Bertz CT molecular complexity index is 651. The lowest BCUT2D eigenvalue weighted by molar-refractivity contribution is 0.204. The van der Waals surface area contributed by atoms with Gasteiger partial charge in [0.05, 0.1) is 12.1 Å². The number of aromatic hydroxyl groups is 1. The van der Waals surface area contributed by atoms with E-state index in [0.29, 0.717) is 18.8 Å². The monoisotopic (exact) mass is 292 g/mol. The van der Waals surface area contributed by atoms with Crippen molar-refractivity contribution in [2.24, 2.45) is 10.2 Å². The molecule has 0 aliphatic heterocycles. The molecule has 0 bridgehead atoms.